The van der Waals surface area contributed by atoms with Crippen molar-refractivity contribution < 1.29 is 9.59 Å². The third-order valence-corrected chi connectivity index (χ3v) is 7.89. The van der Waals surface area contributed by atoms with E-state index in [4.69, 9.17) is 11.6 Å². The number of aryl methyl sites for hydroxylation is 1. The average Bonchev–Trinajstić information content (AvgIpc) is 3.22. The summed E-state index contributed by atoms with van der Waals surface area (Å²) in [7, 11) is 0. The van der Waals surface area contributed by atoms with Gasteiger partial charge < -0.3 is 5.32 Å². The molecule has 2 amide bonds. The molecule has 1 heterocycles. The Balaban J connectivity index is 1.53. The largest absolute Gasteiger partial charge is 0.321 e. The van der Waals surface area contributed by atoms with Crippen LogP contribution in [0.1, 0.15) is 11.1 Å². The minimum Gasteiger partial charge on any atom is -0.321 e. The van der Waals surface area contributed by atoms with Crippen molar-refractivity contribution in [2.45, 2.75) is 18.6 Å². The summed E-state index contributed by atoms with van der Waals surface area (Å²) in [6.45, 7) is 1.92. The normalized spacial score (nSPS) is 16.5. The summed E-state index contributed by atoms with van der Waals surface area (Å²) in [5, 5.41) is 15.3. The zero-order valence-corrected chi connectivity index (χ0v) is 21.5. The van der Waals surface area contributed by atoms with Crippen LogP contribution in [-0.2, 0) is 16.0 Å². The SMILES string of the molecule is Cc1ccc(C[C@@H]2S/C(=C(/C#N)C(=O)Nc3cccc4ccccc34)N(c3ccccc3)C2=O)cc1Cl. The number of carbonyl (C=O) groups is 2. The molecule has 5 nitrogen and oxygen atoms in total. The number of nitrogens with zero attached hydrogens (tertiary/aromatic N) is 2. The molecule has 0 aromatic heterocycles. The van der Waals surface area contributed by atoms with Crippen molar-refractivity contribution in [1.29, 1.82) is 5.26 Å². The number of para-hydroxylation sites is 1. The number of anilines is 2. The number of benzene rings is 4. The Labute approximate surface area is 224 Å². The molecule has 0 spiro atoms. The van der Waals surface area contributed by atoms with Crippen LogP contribution in [0.25, 0.3) is 10.8 Å². The topological polar surface area (TPSA) is 73.2 Å². The zero-order chi connectivity index (χ0) is 25.9. The molecule has 0 aliphatic carbocycles. The summed E-state index contributed by atoms with van der Waals surface area (Å²) in [5.41, 5.74) is 2.96. The Morgan fingerprint density at radius 2 is 1.76 bits per heavy atom. The molecule has 1 N–H and O–H groups in total. The van der Waals surface area contributed by atoms with Crippen molar-refractivity contribution in [2.24, 2.45) is 0 Å². The smallest absolute Gasteiger partial charge is 0.269 e. The number of amides is 2. The number of nitrogens with one attached hydrogen (secondary N) is 1. The van der Waals surface area contributed by atoms with Gasteiger partial charge in [0, 0.05) is 21.8 Å². The molecule has 0 bridgehead atoms. The van der Waals surface area contributed by atoms with E-state index in [1.54, 1.807) is 18.2 Å². The van der Waals surface area contributed by atoms with Gasteiger partial charge in [-0.2, -0.15) is 5.26 Å². The van der Waals surface area contributed by atoms with Gasteiger partial charge in [0.25, 0.3) is 5.91 Å². The van der Waals surface area contributed by atoms with E-state index >= 15 is 0 Å². The Kier molecular flexibility index (Phi) is 7.00. The Morgan fingerprint density at radius 1 is 1.03 bits per heavy atom. The monoisotopic (exact) mass is 523 g/mol. The van der Waals surface area contributed by atoms with Crippen molar-refractivity contribution in [3.8, 4) is 6.07 Å². The number of halogens is 1. The summed E-state index contributed by atoms with van der Waals surface area (Å²) in [6.07, 6.45) is 0.417. The fraction of sp³-hybridized carbons (Fsp3) is 0.100. The van der Waals surface area contributed by atoms with Gasteiger partial charge in [-0.3, -0.25) is 14.5 Å². The second-order valence-electron chi connectivity index (χ2n) is 8.68. The molecule has 4 aromatic carbocycles. The van der Waals surface area contributed by atoms with Crippen molar-refractivity contribution in [3.63, 3.8) is 0 Å². The van der Waals surface area contributed by atoms with Gasteiger partial charge in [-0.25, -0.2) is 0 Å². The number of hydrogen-bond donors (Lipinski definition) is 1. The van der Waals surface area contributed by atoms with E-state index in [9.17, 15) is 14.9 Å². The number of rotatable bonds is 5. The van der Waals surface area contributed by atoms with Crippen LogP contribution in [0.2, 0.25) is 5.02 Å². The lowest BCUT2D eigenvalue weighted by Gasteiger charge is -2.18. The van der Waals surface area contributed by atoms with E-state index in [1.807, 2.05) is 79.7 Å². The van der Waals surface area contributed by atoms with E-state index in [2.05, 4.69) is 11.4 Å². The molecular formula is C30H22ClN3O2S. The van der Waals surface area contributed by atoms with Gasteiger partial charge in [-0.15, -0.1) is 0 Å². The predicted octanol–water partition coefficient (Wildman–Crippen LogP) is 6.87. The second-order valence-corrected chi connectivity index (χ2v) is 10.3. The van der Waals surface area contributed by atoms with Gasteiger partial charge in [0.05, 0.1) is 5.25 Å². The molecule has 1 aliphatic heterocycles. The van der Waals surface area contributed by atoms with E-state index in [1.165, 1.54) is 16.7 Å². The standard InChI is InChI=1S/C30H22ClN3O2S/c1-19-14-15-20(16-25(19)31)17-27-29(36)34(22-10-3-2-4-11-22)30(37-27)24(18-32)28(35)33-26-13-7-9-21-8-5-6-12-23(21)26/h2-16,27H,17H2,1H3,(H,33,35)/b30-24-/t27-/m0/s1. The number of nitriles is 1. The maximum absolute atomic E-state index is 13.6. The van der Waals surface area contributed by atoms with Crippen molar-refractivity contribution in [1.82, 2.24) is 0 Å². The van der Waals surface area contributed by atoms with E-state index in [0.29, 0.717) is 27.8 Å². The molecule has 1 saturated heterocycles. The lowest BCUT2D eigenvalue weighted by atomic mass is 10.1. The second kappa shape index (κ2) is 10.5. The van der Waals surface area contributed by atoms with Crippen molar-refractivity contribution in [3.05, 3.63) is 118 Å². The zero-order valence-electron chi connectivity index (χ0n) is 19.9. The number of hydrogen-bond acceptors (Lipinski definition) is 4. The highest BCUT2D eigenvalue weighted by Gasteiger charge is 2.40. The maximum Gasteiger partial charge on any atom is 0.269 e. The fourth-order valence-corrected chi connectivity index (χ4v) is 5.81. The number of fused-ring (bicyclic) bond motifs is 1. The lowest BCUT2D eigenvalue weighted by molar-refractivity contribution is -0.117. The predicted molar refractivity (Wildman–Crippen MR) is 150 cm³/mol. The molecule has 7 heteroatoms. The van der Waals surface area contributed by atoms with Crippen LogP contribution < -0.4 is 10.2 Å². The van der Waals surface area contributed by atoms with E-state index in [0.717, 1.165) is 21.9 Å². The lowest BCUT2D eigenvalue weighted by Crippen LogP contribution is -2.30. The first-order chi connectivity index (χ1) is 18.0. The highest BCUT2D eigenvalue weighted by Crippen LogP contribution is 2.42. The van der Waals surface area contributed by atoms with Crippen LogP contribution >= 0.6 is 23.4 Å². The first kappa shape index (κ1) is 24.6. The molecule has 1 atom stereocenters. The van der Waals surface area contributed by atoms with E-state index < -0.39 is 11.2 Å². The third-order valence-electron chi connectivity index (χ3n) is 6.22. The van der Waals surface area contributed by atoms with Crippen LogP contribution in [0.3, 0.4) is 0 Å². The van der Waals surface area contributed by atoms with Gasteiger partial charge in [0.2, 0.25) is 5.91 Å². The molecule has 1 aliphatic rings. The molecule has 1 fully saturated rings. The van der Waals surface area contributed by atoms with Gasteiger partial charge in [-0.1, -0.05) is 90.1 Å². The maximum atomic E-state index is 13.6. The van der Waals surface area contributed by atoms with Gasteiger partial charge in [-0.05, 0) is 54.1 Å². The highest BCUT2D eigenvalue weighted by molar-refractivity contribution is 8.05. The molecule has 37 heavy (non-hydrogen) atoms. The van der Waals surface area contributed by atoms with Crippen molar-refractivity contribution >= 4 is 57.3 Å². The first-order valence-corrected chi connectivity index (χ1v) is 13.0. The Hall–Kier alpha value is -4.05. The first-order valence-electron chi connectivity index (χ1n) is 11.7. The molecular weight excluding hydrogens is 502 g/mol. The fourth-order valence-electron chi connectivity index (χ4n) is 4.30. The van der Waals surface area contributed by atoms with Crippen LogP contribution in [0.15, 0.2) is 102 Å². The Morgan fingerprint density at radius 3 is 2.51 bits per heavy atom. The molecule has 0 unspecified atom stereocenters. The van der Waals surface area contributed by atoms with Crippen LogP contribution in [-0.4, -0.2) is 17.1 Å². The number of thioether (sulfide) groups is 1. The van der Waals surface area contributed by atoms with Crippen molar-refractivity contribution in [2.75, 3.05) is 10.2 Å². The summed E-state index contributed by atoms with van der Waals surface area (Å²) in [5.74, 6) is -0.747. The number of carbonyl (C=O) groups excluding carboxylic acids is 2. The molecule has 5 rings (SSSR count). The van der Waals surface area contributed by atoms with Gasteiger partial charge in [0.15, 0.2) is 0 Å². The highest BCUT2D eigenvalue weighted by atomic mass is 35.5. The van der Waals surface area contributed by atoms with Crippen LogP contribution in [0, 0.1) is 18.3 Å². The van der Waals surface area contributed by atoms with Crippen LogP contribution in [0.4, 0.5) is 11.4 Å². The summed E-state index contributed by atoms with van der Waals surface area (Å²) in [4.78, 5) is 28.6. The Bertz CT molecular complexity index is 1590. The quantitative estimate of drug-likeness (QED) is 0.229. The van der Waals surface area contributed by atoms with Crippen LogP contribution in [0.5, 0.6) is 0 Å². The summed E-state index contributed by atoms with van der Waals surface area (Å²) >= 11 is 7.55. The minimum absolute atomic E-state index is 0.112. The molecule has 182 valence electrons. The average molecular weight is 524 g/mol. The van der Waals surface area contributed by atoms with Gasteiger partial charge >= 0.3 is 0 Å². The molecule has 4 aromatic rings. The third kappa shape index (κ3) is 4.97. The minimum atomic E-state index is -0.561. The molecule has 0 radical (unpaired) electrons. The summed E-state index contributed by atoms with van der Waals surface area (Å²) < 4.78 is 0. The summed E-state index contributed by atoms with van der Waals surface area (Å²) in [6, 6.07) is 30.2. The van der Waals surface area contributed by atoms with E-state index in [-0.39, 0.29) is 11.5 Å². The van der Waals surface area contributed by atoms with Gasteiger partial charge in [0.1, 0.15) is 16.7 Å². The molecule has 0 saturated carbocycles.